The van der Waals surface area contributed by atoms with E-state index in [2.05, 4.69) is 5.32 Å². The Morgan fingerprint density at radius 1 is 1.28 bits per heavy atom. The number of halogens is 1. The van der Waals surface area contributed by atoms with Gasteiger partial charge in [-0.05, 0) is 17.5 Å². The molecule has 0 radical (unpaired) electrons. The van der Waals surface area contributed by atoms with Gasteiger partial charge in [0.05, 0.1) is 5.69 Å². The van der Waals surface area contributed by atoms with E-state index < -0.39 is 15.1 Å². The molecule has 1 rings (SSSR count). The Kier molecular flexibility index (Phi) is 4.11. The molecular weight excluding hydrogens is 257 g/mol. The average Bonchev–Trinajstić information content (AvgIpc) is 2.13. The molecule has 100 valence electrons. The van der Waals surface area contributed by atoms with Crippen LogP contribution in [0.25, 0.3) is 0 Å². The Morgan fingerprint density at radius 2 is 1.83 bits per heavy atom. The number of amides is 1. The number of carbonyl (C=O) groups excluding carboxylic acids is 1. The predicted octanol–water partition coefficient (Wildman–Crippen LogP) is 2.72. The van der Waals surface area contributed by atoms with E-state index in [4.69, 9.17) is 0 Å². The maximum atomic E-state index is 13.0. The number of carbonyl (C=O) groups is 1. The van der Waals surface area contributed by atoms with Crippen molar-refractivity contribution in [1.29, 1.82) is 0 Å². The van der Waals surface area contributed by atoms with E-state index in [9.17, 15) is 17.1 Å². The Morgan fingerprint density at radius 3 is 2.33 bits per heavy atom. The van der Waals surface area contributed by atoms with Crippen molar-refractivity contribution in [3.05, 3.63) is 24.3 Å². The van der Waals surface area contributed by atoms with E-state index >= 15 is 0 Å². The Bertz CT molecular complexity index is 547. The summed E-state index contributed by atoms with van der Waals surface area (Å²) in [6.07, 6.45) is 0.216. The third kappa shape index (κ3) is 4.44. The molecule has 0 saturated heterocycles. The van der Waals surface area contributed by atoms with Crippen LogP contribution in [0.1, 0.15) is 27.2 Å². The SMILES string of the molecule is CC(C)(C)CC(=O)Nc1ccccc1S(=O)(=O)F. The molecule has 0 aliphatic carbocycles. The van der Waals surface area contributed by atoms with Crippen molar-refractivity contribution in [1.82, 2.24) is 0 Å². The fourth-order valence-corrected chi connectivity index (χ4v) is 2.08. The zero-order valence-electron chi connectivity index (χ0n) is 10.5. The van der Waals surface area contributed by atoms with Crippen LogP contribution in [-0.4, -0.2) is 14.3 Å². The van der Waals surface area contributed by atoms with Crippen LogP contribution >= 0.6 is 0 Å². The molecule has 0 atom stereocenters. The van der Waals surface area contributed by atoms with E-state index in [1.165, 1.54) is 18.2 Å². The van der Waals surface area contributed by atoms with Crippen LogP contribution in [0, 0.1) is 5.41 Å². The first-order valence-corrected chi connectivity index (χ1v) is 6.81. The quantitative estimate of drug-likeness (QED) is 0.861. The fourth-order valence-electron chi connectivity index (χ4n) is 1.46. The normalized spacial score (nSPS) is 12.2. The van der Waals surface area contributed by atoms with E-state index in [0.29, 0.717) is 0 Å². The van der Waals surface area contributed by atoms with Gasteiger partial charge in [0.15, 0.2) is 0 Å². The van der Waals surface area contributed by atoms with Gasteiger partial charge in [0, 0.05) is 6.42 Å². The molecule has 0 aliphatic heterocycles. The van der Waals surface area contributed by atoms with Gasteiger partial charge in [-0.2, -0.15) is 8.42 Å². The lowest BCUT2D eigenvalue weighted by molar-refractivity contribution is -0.117. The standard InChI is InChI=1S/C12H16FNO3S/c1-12(2,3)8-11(15)14-9-6-4-5-7-10(9)18(13,16)17/h4-7H,8H2,1-3H3,(H,14,15). The summed E-state index contributed by atoms with van der Waals surface area (Å²) >= 11 is 0. The largest absolute Gasteiger partial charge is 0.334 e. The first kappa shape index (κ1) is 14.6. The molecular formula is C12H16FNO3S. The molecule has 18 heavy (non-hydrogen) atoms. The molecule has 0 saturated carbocycles. The predicted molar refractivity (Wildman–Crippen MR) is 67.4 cm³/mol. The molecule has 0 unspecified atom stereocenters. The van der Waals surface area contributed by atoms with Crippen molar-refractivity contribution in [2.24, 2.45) is 5.41 Å². The minimum Gasteiger partial charge on any atom is -0.325 e. The molecule has 0 bridgehead atoms. The fraction of sp³-hybridized carbons (Fsp3) is 0.417. The average molecular weight is 273 g/mol. The van der Waals surface area contributed by atoms with Crippen molar-refractivity contribution in [2.75, 3.05) is 5.32 Å². The van der Waals surface area contributed by atoms with Gasteiger partial charge in [-0.15, -0.1) is 3.89 Å². The minimum atomic E-state index is -4.84. The highest BCUT2D eigenvalue weighted by Crippen LogP contribution is 2.24. The second-order valence-electron chi connectivity index (χ2n) is 5.22. The molecule has 0 aromatic heterocycles. The van der Waals surface area contributed by atoms with E-state index in [-0.39, 0.29) is 23.4 Å². The first-order valence-electron chi connectivity index (χ1n) is 5.43. The molecule has 0 heterocycles. The molecule has 1 N–H and O–H groups in total. The smallest absolute Gasteiger partial charge is 0.325 e. The van der Waals surface area contributed by atoms with Crippen molar-refractivity contribution in [3.8, 4) is 0 Å². The number of nitrogens with one attached hydrogen (secondary N) is 1. The minimum absolute atomic E-state index is 0.0331. The number of anilines is 1. The summed E-state index contributed by atoms with van der Waals surface area (Å²) in [5.74, 6) is -0.349. The molecule has 0 fully saturated rings. The Balaban J connectivity index is 2.96. The third-order valence-corrected chi connectivity index (χ3v) is 3.00. The number of hydrogen-bond donors (Lipinski definition) is 1. The van der Waals surface area contributed by atoms with Crippen molar-refractivity contribution in [3.63, 3.8) is 0 Å². The van der Waals surface area contributed by atoms with Gasteiger partial charge >= 0.3 is 10.2 Å². The molecule has 6 heteroatoms. The van der Waals surface area contributed by atoms with Gasteiger partial charge in [0.1, 0.15) is 4.90 Å². The van der Waals surface area contributed by atoms with Crippen molar-refractivity contribution >= 4 is 21.8 Å². The lowest BCUT2D eigenvalue weighted by Crippen LogP contribution is -2.20. The maximum absolute atomic E-state index is 13.0. The van der Waals surface area contributed by atoms with Crippen LogP contribution in [0.5, 0.6) is 0 Å². The summed E-state index contributed by atoms with van der Waals surface area (Å²) in [6, 6.07) is 5.39. The summed E-state index contributed by atoms with van der Waals surface area (Å²) in [4.78, 5) is 11.2. The van der Waals surface area contributed by atoms with Crippen LogP contribution in [0.3, 0.4) is 0 Å². The van der Waals surface area contributed by atoms with Gasteiger partial charge in [0.25, 0.3) is 0 Å². The molecule has 0 aliphatic rings. The van der Waals surface area contributed by atoms with Gasteiger partial charge < -0.3 is 5.32 Å². The monoisotopic (exact) mass is 273 g/mol. The molecule has 1 aromatic rings. The lowest BCUT2D eigenvalue weighted by atomic mass is 9.92. The number of benzene rings is 1. The van der Waals surface area contributed by atoms with Crippen LogP contribution in [-0.2, 0) is 15.0 Å². The number of hydrogen-bond acceptors (Lipinski definition) is 3. The lowest BCUT2D eigenvalue weighted by Gasteiger charge is -2.17. The van der Waals surface area contributed by atoms with Crippen molar-refractivity contribution in [2.45, 2.75) is 32.1 Å². The third-order valence-electron chi connectivity index (χ3n) is 2.11. The van der Waals surface area contributed by atoms with E-state index in [1.807, 2.05) is 20.8 Å². The second kappa shape index (κ2) is 5.06. The summed E-state index contributed by atoms with van der Waals surface area (Å²) in [5, 5.41) is 2.42. The Labute approximate surface area is 106 Å². The molecule has 1 aromatic carbocycles. The highest BCUT2D eigenvalue weighted by atomic mass is 32.3. The number of rotatable bonds is 3. The summed E-state index contributed by atoms with van der Waals surface area (Å²) < 4.78 is 34.8. The molecule has 0 spiro atoms. The van der Waals surface area contributed by atoms with Crippen molar-refractivity contribution < 1.29 is 17.1 Å². The molecule has 1 amide bonds. The van der Waals surface area contributed by atoms with E-state index in [0.717, 1.165) is 6.07 Å². The highest BCUT2D eigenvalue weighted by Gasteiger charge is 2.20. The van der Waals surface area contributed by atoms with Crippen LogP contribution in [0.4, 0.5) is 9.57 Å². The second-order valence-corrected chi connectivity index (χ2v) is 6.54. The summed E-state index contributed by atoms with van der Waals surface area (Å²) in [6.45, 7) is 5.64. The van der Waals surface area contributed by atoms with Gasteiger partial charge in [-0.25, -0.2) is 0 Å². The maximum Gasteiger partial charge on any atom is 0.334 e. The summed E-state index contributed by atoms with van der Waals surface area (Å²) in [7, 11) is -4.84. The molecule has 4 nitrogen and oxygen atoms in total. The number of para-hydroxylation sites is 1. The van der Waals surface area contributed by atoms with Gasteiger partial charge in [0.2, 0.25) is 5.91 Å². The van der Waals surface area contributed by atoms with Crippen LogP contribution < -0.4 is 5.32 Å². The van der Waals surface area contributed by atoms with Crippen LogP contribution in [0.15, 0.2) is 29.2 Å². The topological polar surface area (TPSA) is 63.2 Å². The van der Waals surface area contributed by atoms with E-state index in [1.54, 1.807) is 0 Å². The first-order chi connectivity index (χ1) is 8.09. The Hall–Kier alpha value is -1.43. The zero-order chi connectivity index (χ0) is 14.0. The van der Waals surface area contributed by atoms with Gasteiger partial charge in [-0.1, -0.05) is 32.9 Å². The summed E-state index contributed by atoms with van der Waals surface area (Å²) in [5.41, 5.74) is -0.262. The highest BCUT2D eigenvalue weighted by molar-refractivity contribution is 7.86. The van der Waals surface area contributed by atoms with Gasteiger partial charge in [-0.3, -0.25) is 4.79 Å². The van der Waals surface area contributed by atoms with Crippen LogP contribution in [0.2, 0.25) is 0 Å². The zero-order valence-corrected chi connectivity index (χ0v) is 11.3.